The van der Waals surface area contributed by atoms with Gasteiger partial charge in [0.25, 0.3) is 0 Å². The van der Waals surface area contributed by atoms with Crippen molar-refractivity contribution in [2.45, 2.75) is 19.3 Å². The molecule has 0 aliphatic carbocycles. The average Bonchev–Trinajstić information content (AvgIpc) is 2.67. The molecule has 1 unspecified atom stereocenters. The monoisotopic (exact) mass is 237 g/mol. The fourth-order valence-electron chi connectivity index (χ4n) is 1.56. The molecule has 6 heteroatoms. The van der Waals surface area contributed by atoms with E-state index in [0.29, 0.717) is 18.9 Å². The summed E-state index contributed by atoms with van der Waals surface area (Å²) >= 11 is 0. The summed E-state index contributed by atoms with van der Waals surface area (Å²) in [6.45, 7) is 1.93. The van der Waals surface area contributed by atoms with Gasteiger partial charge in [-0.3, -0.25) is 0 Å². The lowest BCUT2D eigenvalue weighted by molar-refractivity contribution is 0.184. The number of rotatable bonds is 7. The highest BCUT2D eigenvalue weighted by atomic mass is 32.2. The van der Waals surface area contributed by atoms with Crippen molar-refractivity contribution in [3.8, 4) is 0 Å². The molecule has 0 spiro atoms. The van der Waals surface area contributed by atoms with Crippen molar-refractivity contribution in [1.82, 2.24) is 4.72 Å². The van der Waals surface area contributed by atoms with Crippen LogP contribution in [0, 0.1) is 5.92 Å². The van der Waals surface area contributed by atoms with Crippen LogP contribution in [0.4, 0.5) is 0 Å². The van der Waals surface area contributed by atoms with Crippen LogP contribution >= 0.6 is 0 Å². The molecule has 0 saturated carbocycles. The lowest BCUT2D eigenvalue weighted by Crippen LogP contribution is -2.28. The Morgan fingerprint density at radius 3 is 2.87 bits per heavy atom. The molecular formula is C9H19NO4S. The molecule has 1 fully saturated rings. The molecule has 0 aromatic rings. The molecule has 5 nitrogen and oxygen atoms in total. The number of hydrogen-bond acceptors (Lipinski definition) is 4. The number of hydrogen-bond donors (Lipinski definition) is 2. The van der Waals surface area contributed by atoms with Gasteiger partial charge in [0.15, 0.2) is 0 Å². The maximum atomic E-state index is 11.3. The summed E-state index contributed by atoms with van der Waals surface area (Å²) in [6.07, 6.45) is 2.15. The van der Waals surface area contributed by atoms with Gasteiger partial charge in [0, 0.05) is 26.4 Å². The second-order valence-corrected chi connectivity index (χ2v) is 5.74. The molecule has 1 heterocycles. The van der Waals surface area contributed by atoms with E-state index in [1.165, 1.54) is 0 Å². The van der Waals surface area contributed by atoms with Crippen molar-refractivity contribution < 1.29 is 18.3 Å². The van der Waals surface area contributed by atoms with Crippen LogP contribution in [-0.4, -0.2) is 45.6 Å². The van der Waals surface area contributed by atoms with Crippen molar-refractivity contribution in [2.24, 2.45) is 5.92 Å². The van der Waals surface area contributed by atoms with Crippen LogP contribution in [0.25, 0.3) is 0 Å². The Morgan fingerprint density at radius 1 is 1.47 bits per heavy atom. The summed E-state index contributed by atoms with van der Waals surface area (Å²) in [4.78, 5) is 0. The zero-order chi connectivity index (χ0) is 11.1. The summed E-state index contributed by atoms with van der Waals surface area (Å²) in [5.41, 5.74) is 0. The van der Waals surface area contributed by atoms with Crippen LogP contribution in [0.2, 0.25) is 0 Å². The predicted molar refractivity (Wildman–Crippen MR) is 57.0 cm³/mol. The molecule has 0 aromatic carbocycles. The van der Waals surface area contributed by atoms with E-state index in [2.05, 4.69) is 4.72 Å². The number of ether oxygens (including phenoxy) is 1. The van der Waals surface area contributed by atoms with Gasteiger partial charge in [-0.1, -0.05) is 0 Å². The topological polar surface area (TPSA) is 75.6 Å². The van der Waals surface area contributed by atoms with E-state index in [-0.39, 0.29) is 12.4 Å². The predicted octanol–water partition coefficient (Wildman–Crippen LogP) is -0.285. The first-order valence-corrected chi connectivity index (χ1v) is 6.95. The van der Waals surface area contributed by atoms with Crippen LogP contribution in [0.15, 0.2) is 0 Å². The van der Waals surface area contributed by atoms with E-state index in [4.69, 9.17) is 9.84 Å². The van der Waals surface area contributed by atoms with Crippen LogP contribution in [0.5, 0.6) is 0 Å². The summed E-state index contributed by atoms with van der Waals surface area (Å²) in [5, 5.41) is 8.52. The van der Waals surface area contributed by atoms with Gasteiger partial charge >= 0.3 is 0 Å². The van der Waals surface area contributed by atoms with Gasteiger partial charge in [-0.05, 0) is 25.2 Å². The summed E-state index contributed by atoms with van der Waals surface area (Å²) in [6, 6.07) is 0. The smallest absolute Gasteiger partial charge is 0.211 e. The molecule has 1 aliphatic heterocycles. The molecule has 1 saturated heterocycles. The largest absolute Gasteiger partial charge is 0.396 e. The number of aliphatic hydroxyl groups is 1. The fraction of sp³-hybridized carbons (Fsp3) is 1.00. The maximum absolute atomic E-state index is 11.3. The van der Waals surface area contributed by atoms with Crippen LogP contribution < -0.4 is 4.72 Å². The Labute approximate surface area is 90.9 Å². The highest BCUT2D eigenvalue weighted by Crippen LogP contribution is 2.15. The maximum Gasteiger partial charge on any atom is 0.211 e. The first-order valence-electron chi connectivity index (χ1n) is 5.30. The van der Waals surface area contributed by atoms with Crippen molar-refractivity contribution in [3.05, 3.63) is 0 Å². The van der Waals surface area contributed by atoms with Crippen molar-refractivity contribution >= 4 is 10.0 Å². The first kappa shape index (κ1) is 12.9. The minimum absolute atomic E-state index is 0.00463. The third kappa shape index (κ3) is 5.46. The first-order chi connectivity index (χ1) is 7.14. The fourth-order valence-corrected chi connectivity index (χ4v) is 2.64. The minimum Gasteiger partial charge on any atom is -0.396 e. The Balaban J connectivity index is 2.12. The zero-order valence-electron chi connectivity index (χ0n) is 8.81. The van der Waals surface area contributed by atoms with E-state index in [1.54, 1.807) is 0 Å². The molecule has 0 radical (unpaired) electrons. The quantitative estimate of drug-likeness (QED) is 0.638. The Morgan fingerprint density at radius 2 is 2.27 bits per heavy atom. The highest BCUT2D eigenvalue weighted by Gasteiger charge is 2.16. The molecular weight excluding hydrogens is 218 g/mol. The van der Waals surface area contributed by atoms with E-state index in [1.807, 2.05) is 0 Å². The molecule has 0 aromatic heterocycles. The van der Waals surface area contributed by atoms with Gasteiger partial charge < -0.3 is 9.84 Å². The van der Waals surface area contributed by atoms with Gasteiger partial charge in [-0.25, -0.2) is 13.1 Å². The number of nitrogens with one attached hydrogen (secondary N) is 1. The molecule has 1 rings (SSSR count). The van der Waals surface area contributed by atoms with Gasteiger partial charge in [-0.15, -0.1) is 0 Å². The lowest BCUT2D eigenvalue weighted by Gasteiger charge is -2.08. The second-order valence-electron chi connectivity index (χ2n) is 3.81. The standard InChI is InChI=1S/C9H19NO4S/c11-5-1-7-15(12,13)10-4-2-9-3-6-14-8-9/h9-11H,1-8H2. The van der Waals surface area contributed by atoms with Crippen LogP contribution in [0.1, 0.15) is 19.3 Å². The van der Waals surface area contributed by atoms with Crippen molar-refractivity contribution in [2.75, 3.05) is 32.1 Å². The minimum atomic E-state index is -3.19. The third-order valence-electron chi connectivity index (χ3n) is 2.47. The van der Waals surface area contributed by atoms with Crippen molar-refractivity contribution in [3.63, 3.8) is 0 Å². The van der Waals surface area contributed by atoms with Gasteiger partial charge in [0.2, 0.25) is 10.0 Å². The molecule has 15 heavy (non-hydrogen) atoms. The summed E-state index contributed by atoms with van der Waals surface area (Å²) < 4.78 is 30.3. The van der Waals surface area contributed by atoms with Crippen LogP contribution in [0.3, 0.4) is 0 Å². The zero-order valence-corrected chi connectivity index (χ0v) is 9.63. The van der Waals surface area contributed by atoms with E-state index < -0.39 is 10.0 Å². The number of sulfonamides is 1. The van der Waals surface area contributed by atoms with E-state index in [9.17, 15) is 8.42 Å². The third-order valence-corrected chi connectivity index (χ3v) is 3.94. The van der Waals surface area contributed by atoms with Crippen LogP contribution in [-0.2, 0) is 14.8 Å². The molecule has 0 amide bonds. The molecule has 1 aliphatic rings. The lowest BCUT2D eigenvalue weighted by atomic mass is 10.1. The molecule has 2 N–H and O–H groups in total. The molecule has 1 atom stereocenters. The Bertz CT molecular complexity index is 259. The summed E-state index contributed by atoms with van der Waals surface area (Å²) in [5.74, 6) is 0.496. The Hall–Kier alpha value is -0.170. The van der Waals surface area contributed by atoms with Gasteiger partial charge in [-0.2, -0.15) is 0 Å². The Kier molecular flexibility index (Phi) is 5.52. The van der Waals surface area contributed by atoms with Gasteiger partial charge in [0.05, 0.1) is 5.75 Å². The van der Waals surface area contributed by atoms with Gasteiger partial charge in [0.1, 0.15) is 0 Å². The molecule has 90 valence electrons. The van der Waals surface area contributed by atoms with Crippen molar-refractivity contribution in [1.29, 1.82) is 0 Å². The summed E-state index contributed by atoms with van der Waals surface area (Å²) in [7, 11) is -3.19. The average molecular weight is 237 g/mol. The molecule has 0 bridgehead atoms. The van der Waals surface area contributed by atoms with E-state index >= 15 is 0 Å². The normalized spacial score (nSPS) is 22.1. The van der Waals surface area contributed by atoms with E-state index in [0.717, 1.165) is 26.1 Å². The number of aliphatic hydroxyl groups excluding tert-OH is 1. The second kappa shape index (κ2) is 6.42. The highest BCUT2D eigenvalue weighted by molar-refractivity contribution is 7.89. The SMILES string of the molecule is O=S(=O)(CCCO)NCCC1CCOC1.